The third kappa shape index (κ3) is 2.59. The van der Waals surface area contributed by atoms with E-state index in [4.69, 9.17) is 10.5 Å². The van der Waals surface area contributed by atoms with Gasteiger partial charge in [-0.15, -0.1) is 0 Å². The molecule has 0 heterocycles. The van der Waals surface area contributed by atoms with Crippen molar-refractivity contribution in [2.45, 2.75) is 12.2 Å². The van der Waals surface area contributed by atoms with E-state index in [2.05, 4.69) is 0 Å². The van der Waals surface area contributed by atoms with E-state index in [0.29, 0.717) is 5.56 Å². The molecule has 5 N–H and O–H groups in total. The van der Waals surface area contributed by atoms with Gasteiger partial charge >= 0.3 is 0 Å². The maximum absolute atomic E-state index is 9.63. The van der Waals surface area contributed by atoms with Gasteiger partial charge in [0.15, 0.2) is 11.5 Å². The first-order valence-electron chi connectivity index (χ1n) is 4.53. The van der Waals surface area contributed by atoms with Crippen LogP contribution in [0.5, 0.6) is 11.5 Å². The van der Waals surface area contributed by atoms with Crippen LogP contribution in [0.3, 0.4) is 0 Å². The highest BCUT2D eigenvalue weighted by Gasteiger charge is 2.18. The van der Waals surface area contributed by atoms with Crippen LogP contribution in [0.15, 0.2) is 18.2 Å². The average molecular weight is 213 g/mol. The summed E-state index contributed by atoms with van der Waals surface area (Å²) in [5.41, 5.74) is 5.67. The molecule has 1 rings (SSSR count). The number of methoxy groups -OCH3 is 1. The van der Waals surface area contributed by atoms with Crippen molar-refractivity contribution in [3.05, 3.63) is 23.8 Å². The molecule has 0 bridgehead atoms. The average Bonchev–Trinajstić information content (AvgIpc) is 2.27. The minimum absolute atomic E-state index is 0.0179. The maximum atomic E-state index is 9.63. The van der Waals surface area contributed by atoms with Crippen molar-refractivity contribution in [2.24, 2.45) is 5.73 Å². The van der Waals surface area contributed by atoms with Crippen molar-refractivity contribution in [1.29, 1.82) is 0 Å². The van der Waals surface area contributed by atoms with Crippen LogP contribution >= 0.6 is 0 Å². The summed E-state index contributed by atoms with van der Waals surface area (Å²) >= 11 is 0. The first-order valence-corrected chi connectivity index (χ1v) is 4.53. The number of rotatable bonds is 4. The van der Waals surface area contributed by atoms with Gasteiger partial charge in [-0.3, -0.25) is 0 Å². The van der Waals surface area contributed by atoms with Crippen molar-refractivity contribution >= 4 is 0 Å². The van der Waals surface area contributed by atoms with Gasteiger partial charge < -0.3 is 25.8 Å². The fourth-order valence-electron chi connectivity index (χ4n) is 1.23. The van der Waals surface area contributed by atoms with Crippen molar-refractivity contribution in [3.63, 3.8) is 0 Å². The van der Waals surface area contributed by atoms with Gasteiger partial charge in [-0.1, -0.05) is 6.07 Å². The van der Waals surface area contributed by atoms with Crippen LogP contribution in [0, 0.1) is 0 Å². The Hall–Kier alpha value is -1.30. The van der Waals surface area contributed by atoms with E-state index in [-0.39, 0.29) is 18.0 Å². The van der Waals surface area contributed by atoms with Gasteiger partial charge in [0.25, 0.3) is 0 Å². The van der Waals surface area contributed by atoms with E-state index in [1.165, 1.54) is 25.3 Å². The summed E-state index contributed by atoms with van der Waals surface area (Å²) in [5.74, 6) is 0.228. The number of aliphatic hydroxyl groups is 2. The summed E-state index contributed by atoms with van der Waals surface area (Å²) in [7, 11) is 1.41. The minimum atomic E-state index is -1.08. The summed E-state index contributed by atoms with van der Waals surface area (Å²) < 4.78 is 4.88. The third-order valence-corrected chi connectivity index (χ3v) is 2.15. The molecule has 5 heteroatoms. The second-order valence-electron chi connectivity index (χ2n) is 3.18. The van der Waals surface area contributed by atoms with E-state index in [1.54, 1.807) is 0 Å². The quantitative estimate of drug-likeness (QED) is 0.553. The summed E-state index contributed by atoms with van der Waals surface area (Å²) in [6.45, 7) is -0.0373. The Kier molecular flexibility index (Phi) is 3.90. The summed E-state index contributed by atoms with van der Waals surface area (Å²) in [6, 6.07) is 4.35. The van der Waals surface area contributed by atoms with Crippen LogP contribution in [0.4, 0.5) is 0 Å². The van der Waals surface area contributed by atoms with E-state index < -0.39 is 12.2 Å². The standard InChI is InChI=1S/C10H15NO4/c1-15-9-4-6(2-3-7(9)12)10(14)8(13)5-11/h2-4,8,10,12-14H,5,11H2,1H3. The summed E-state index contributed by atoms with van der Waals surface area (Å²) in [4.78, 5) is 0. The Balaban J connectivity index is 2.95. The lowest BCUT2D eigenvalue weighted by molar-refractivity contribution is 0.0242. The Labute approximate surface area is 87.7 Å². The van der Waals surface area contributed by atoms with Gasteiger partial charge in [0.2, 0.25) is 0 Å². The van der Waals surface area contributed by atoms with E-state index in [9.17, 15) is 15.3 Å². The van der Waals surface area contributed by atoms with Crippen LogP contribution in [0.25, 0.3) is 0 Å². The zero-order valence-corrected chi connectivity index (χ0v) is 8.42. The van der Waals surface area contributed by atoms with Crippen molar-refractivity contribution in [3.8, 4) is 11.5 Å². The van der Waals surface area contributed by atoms with Crippen molar-refractivity contribution in [1.82, 2.24) is 0 Å². The molecule has 1 aromatic carbocycles. The topological polar surface area (TPSA) is 95.9 Å². The molecule has 0 amide bonds. The second kappa shape index (κ2) is 4.97. The molecule has 0 aliphatic carbocycles. The summed E-state index contributed by atoms with van der Waals surface area (Å²) in [5, 5.41) is 28.3. The monoisotopic (exact) mass is 213 g/mol. The van der Waals surface area contributed by atoms with E-state index in [0.717, 1.165) is 0 Å². The molecular weight excluding hydrogens is 198 g/mol. The number of hydrogen-bond donors (Lipinski definition) is 4. The van der Waals surface area contributed by atoms with Crippen LogP contribution in [-0.2, 0) is 0 Å². The highest BCUT2D eigenvalue weighted by molar-refractivity contribution is 5.42. The number of ether oxygens (including phenoxy) is 1. The lowest BCUT2D eigenvalue weighted by Gasteiger charge is -2.17. The Bertz CT molecular complexity index is 329. The molecule has 0 spiro atoms. The van der Waals surface area contributed by atoms with Crippen molar-refractivity contribution in [2.75, 3.05) is 13.7 Å². The number of phenols is 1. The lowest BCUT2D eigenvalue weighted by Crippen LogP contribution is -2.27. The van der Waals surface area contributed by atoms with Gasteiger partial charge in [0.1, 0.15) is 6.10 Å². The molecule has 2 atom stereocenters. The molecule has 1 aromatic rings. The molecule has 84 valence electrons. The van der Waals surface area contributed by atoms with Gasteiger partial charge in [-0.05, 0) is 17.7 Å². The van der Waals surface area contributed by atoms with Gasteiger partial charge in [0.05, 0.1) is 13.2 Å². The fraction of sp³-hybridized carbons (Fsp3) is 0.400. The van der Waals surface area contributed by atoms with Crippen LogP contribution in [0.2, 0.25) is 0 Å². The Morgan fingerprint density at radius 2 is 2.07 bits per heavy atom. The third-order valence-electron chi connectivity index (χ3n) is 2.15. The molecule has 0 saturated carbocycles. The van der Waals surface area contributed by atoms with Gasteiger partial charge in [0, 0.05) is 6.54 Å². The molecule has 15 heavy (non-hydrogen) atoms. The number of hydrogen-bond acceptors (Lipinski definition) is 5. The van der Waals surface area contributed by atoms with E-state index >= 15 is 0 Å². The molecule has 0 radical (unpaired) electrons. The molecule has 0 aliphatic rings. The molecular formula is C10H15NO4. The Morgan fingerprint density at radius 3 is 2.60 bits per heavy atom. The fourth-order valence-corrected chi connectivity index (χ4v) is 1.23. The minimum Gasteiger partial charge on any atom is -0.504 e. The van der Waals surface area contributed by atoms with Crippen LogP contribution < -0.4 is 10.5 Å². The van der Waals surface area contributed by atoms with Gasteiger partial charge in [-0.2, -0.15) is 0 Å². The first kappa shape index (κ1) is 11.8. The smallest absolute Gasteiger partial charge is 0.160 e. The van der Waals surface area contributed by atoms with Crippen LogP contribution in [0.1, 0.15) is 11.7 Å². The van der Waals surface area contributed by atoms with Gasteiger partial charge in [-0.25, -0.2) is 0 Å². The molecule has 0 fully saturated rings. The van der Waals surface area contributed by atoms with Crippen molar-refractivity contribution < 1.29 is 20.1 Å². The molecule has 2 unspecified atom stereocenters. The lowest BCUT2D eigenvalue weighted by atomic mass is 10.0. The maximum Gasteiger partial charge on any atom is 0.160 e. The highest BCUT2D eigenvalue weighted by atomic mass is 16.5. The zero-order valence-electron chi connectivity index (χ0n) is 8.42. The predicted octanol–water partition coefficient (Wildman–Crippen LogP) is -0.246. The molecule has 0 aliphatic heterocycles. The first-order chi connectivity index (χ1) is 7.10. The Morgan fingerprint density at radius 1 is 1.40 bits per heavy atom. The normalized spacial score (nSPS) is 14.7. The molecule has 5 nitrogen and oxygen atoms in total. The highest BCUT2D eigenvalue weighted by Crippen LogP contribution is 2.29. The number of aromatic hydroxyl groups is 1. The predicted molar refractivity (Wildman–Crippen MR) is 54.7 cm³/mol. The summed E-state index contributed by atoms with van der Waals surface area (Å²) in [6.07, 6.45) is -2.11. The number of phenolic OH excluding ortho intramolecular Hbond substituents is 1. The SMILES string of the molecule is COc1cc(C(O)C(O)CN)ccc1O. The molecule has 0 aromatic heterocycles. The number of nitrogens with two attached hydrogens (primary N) is 1. The number of benzene rings is 1. The second-order valence-corrected chi connectivity index (χ2v) is 3.18. The largest absolute Gasteiger partial charge is 0.504 e. The van der Waals surface area contributed by atoms with Crippen LogP contribution in [-0.4, -0.2) is 35.1 Å². The molecule has 0 saturated heterocycles. The van der Waals surface area contributed by atoms with E-state index in [1.807, 2.05) is 0 Å². The number of aliphatic hydroxyl groups excluding tert-OH is 2. The zero-order chi connectivity index (χ0) is 11.4.